The van der Waals surface area contributed by atoms with Crippen LogP contribution in [-0.4, -0.2) is 34.1 Å². The molecule has 7 nitrogen and oxygen atoms in total. The zero-order valence-electron chi connectivity index (χ0n) is 11.9. The third-order valence-electron chi connectivity index (χ3n) is 2.48. The van der Waals surface area contributed by atoms with Crippen molar-refractivity contribution in [3.63, 3.8) is 0 Å². The fraction of sp³-hybridized carbons (Fsp3) is 0.286. The molecule has 110 valence electrons. The quantitative estimate of drug-likeness (QED) is 0.874. The molecular formula is C14H16N4O3. The molecule has 0 aliphatic rings. The summed E-state index contributed by atoms with van der Waals surface area (Å²) in [6.45, 7) is 4.54. The van der Waals surface area contributed by atoms with E-state index in [4.69, 9.17) is 9.47 Å². The van der Waals surface area contributed by atoms with Crippen molar-refractivity contribution < 1.29 is 14.3 Å². The lowest BCUT2D eigenvalue weighted by molar-refractivity contribution is 0.102. The summed E-state index contributed by atoms with van der Waals surface area (Å²) in [6, 6.07) is 3.44. The summed E-state index contributed by atoms with van der Waals surface area (Å²) >= 11 is 0. The molecule has 2 heterocycles. The molecule has 2 aromatic heterocycles. The number of nitrogens with one attached hydrogen (secondary N) is 1. The van der Waals surface area contributed by atoms with Crippen LogP contribution in [0.4, 0.5) is 5.69 Å². The first-order valence-electron chi connectivity index (χ1n) is 6.58. The number of anilines is 1. The third kappa shape index (κ3) is 3.88. The Morgan fingerprint density at radius 2 is 1.90 bits per heavy atom. The van der Waals surface area contributed by atoms with Crippen molar-refractivity contribution in [1.82, 2.24) is 15.0 Å². The number of hydrogen-bond donors (Lipinski definition) is 1. The Labute approximate surface area is 122 Å². The summed E-state index contributed by atoms with van der Waals surface area (Å²) in [7, 11) is 0. The number of pyridine rings is 1. The monoisotopic (exact) mass is 288 g/mol. The van der Waals surface area contributed by atoms with Gasteiger partial charge in [0.1, 0.15) is 5.69 Å². The number of nitrogens with zero attached hydrogens (tertiary/aromatic N) is 3. The molecule has 2 rings (SSSR count). The van der Waals surface area contributed by atoms with Gasteiger partial charge in [0, 0.05) is 18.0 Å². The first-order valence-corrected chi connectivity index (χ1v) is 6.58. The van der Waals surface area contributed by atoms with E-state index in [1.54, 1.807) is 24.5 Å². The lowest BCUT2D eigenvalue weighted by atomic mass is 10.2. The van der Waals surface area contributed by atoms with Gasteiger partial charge in [-0.2, -0.15) is 4.98 Å². The first kappa shape index (κ1) is 14.7. The Hall–Kier alpha value is -2.70. The largest absolute Gasteiger partial charge is 0.476 e. The Bertz CT molecular complexity index is 604. The highest BCUT2D eigenvalue weighted by molar-refractivity contribution is 6.04. The lowest BCUT2D eigenvalue weighted by Crippen LogP contribution is -2.14. The molecule has 0 saturated carbocycles. The molecule has 0 fully saturated rings. The highest BCUT2D eigenvalue weighted by atomic mass is 16.5. The number of carbonyl (C=O) groups excluding carboxylic acids is 1. The molecule has 0 radical (unpaired) electrons. The summed E-state index contributed by atoms with van der Waals surface area (Å²) in [6.07, 6.45) is 4.56. The van der Waals surface area contributed by atoms with Gasteiger partial charge < -0.3 is 14.8 Å². The predicted molar refractivity (Wildman–Crippen MR) is 76.6 cm³/mol. The van der Waals surface area contributed by atoms with Crippen LogP contribution in [0.5, 0.6) is 11.9 Å². The van der Waals surface area contributed by atoms with Gasteiger partial charge in [-0.1, -0.05) is 0 Å². The van der Waals surface area contributed by atoms with E-state index in [2.05, 4.69) is 20.3 Å². The highest BCUT2D eigenvalue weighted by Crippen LogP contribution is 2.23. The van der Waals surface area contributed by atoms with Crippen molar-refractivity contribution >= 4 is 11.6 Å². The molecule has 21 heavy (non-hydrogen) atoms. The molecule has 7 heteroatoms. The van der Waals surface area contributed by atoms with Crippen LogP contribution in [0, 0.1) is 0 Å². The van der Waals surface area contributed by atoms with Gasteiger partial charge in [0.15, 0.2) is 0 Å². The number of ether oxygens (including phenoxy) is 2. The maximum absolute atomic E-state index is 12.1. The van der Waals surface area contributed by atoms with E-state index in [0.29, 0.717) is 24.5 Å². The fourth-order valence-electron chi connectivity index (χ4n) is 1.58. The number of aromatic nitrogens is 3. The minimum Gasteiger partial charge on any atom is -0.476 e. The molecule has 1 amide bonds. The van der Waals surface area contributed by atoms with Crippen LogP contribution >= 0.6 is 0 Å². The Balaban J connectivity index is 2.20. The van der Waals surface area contributed by atoms with E-state index >= 15 is 0 Å². The van der Waals surface area contributed by atoms with E-state index in [1.165, 1.54) is 6.20 Å². The smallest absolute Gasteiger partial charge is 0.319 e. The van der Waals surface area contributed by atoms with Crippen LogP contribution in [0.15, 0.2) is 30.7 Å². The van der Waals surface area contributed by atoms with Crippen molar-refractivity contribution in [3.05, 3.63) is 36.3 Å². The average Bonchev–Trinajstić information content (AvgIpc) is 2.51. The topological polar surface area (TPSA) is 86.2 Å². The van der Waals surface area contributed by atoms with E-state index in [-0.39, 0.29) is 17.8 Å². The van der Waals surface area contributed by atoms with Gasteiger partial charge in [0.05, 0.1) is 19.4 Å². The molecule has 0 aromatic carbocycles. The summed E-state index contributed by atoms with van der Waals surface area (Å²) in [5.41, 5.74) is 0.878. The second-order valence-corrected chi connectivity index (χ2v) is 3.93. The molecule has 0 aliphatic carbocycles. The summed E-state index contributed by atoms with van der Waals surface area (Å²) in [4.78, 5) is 24.1. The minimum absolute atomic E-state index is 0.211. The highest BCUT2D eigenvalue weighted by Gasteiger charge is 2.13. The van der Waals surface area contributed by atoms with E-state index in [1.807, 2.05) is 13.8 Å². The predicted octanol–water partition coefficient (Wildman–Crippen LogP) is 1.92. The van der Waals surface area contributed by atoms with Crippen molar-refractivity contribution in [2.45, 2.75) is 13.8 Å². The summed E-state index contributed by atoms with van der Waals surface area (Å²) < 4.78 is 10.6. The van der Waals surface area contributed by atoms with Crippen molar-refractivity contribution in [2.75, 3.05) is 18.5 Å². The Morgan fingerprint density at radius 1 is 1.19 bits per heavy atom. The average molecular weight is 288 g/mol. The molecule has 0 unspecified atom stereocenters. The molecular weight excluding hydrogens is 272 g/mol. The normalized spacial score (nSPS) is 10.0. The van der Waals surface area contributed by atoms with Crippen LogP contribution in [0.25, 0.3) is 0 Å². The van der Waals surface area contributed by atoms with Gasteiger partial charge in [0.2, 0.25) is 5.88 Å². The number of amides is 1. The van der Waals surface area contributed by atoms with Crippen LogP contribution in [-0.2, 0) is 0 Å². The maximum Gasteiger partial charge on any atom is 0.319 e. The Kier molecular flexibility index (Phi) is 5.03. The first-order chi connectivity index (χ1) is 10.2. The van der Waals surface area contributed by atoms with Crippen LogP contribution in [0.1, 0.15) is 24.2 Å². The van der Waals surface area contributed by atoms with E-state index < -0.39 is 0 Å². The van der Waals surface area contributed by atoms with Gasteiger partial charge >= 0.3 is 6.01 Å². The van der Waals surface area contributed by atoms with Crippen molar-refractivity contribution in [1.29, 1.82) is 0 Å². The van der Waals surface area contributed by atoms with Crippen molar-refractivity contribution in [2.24, 2.45) is 0 Å². The second-order valence-electron chi connectivity index (χ2n) is 3.93. The molecule has 0 bridgehead atoms. The number of carbonyl (C=O) groups is 1. The molecule has 0 saturated heterocycles. The summed E-state index contributed by atoms with van der Waals surface area (Å²) in [5.74, 6) is -0.00975. The van der Waals surface area contributed by atoms with Crippen LogP contribution in [0.2, 0.25) is 0 Å². The number of rotatable bonds is 6. The minimum atomic E-state index is -0.286. The van der Waals surface area contributed by atoms with E-state index in [9.17, 15) is 4.79 Å². The van der Waals surface area contributed by atoms with Gasteiger partial charge in [-0.25, -0.2) is 4.98 Å². The molecule has 0 aliphatic heterocycles. The number of hydrogen-bond acceptors (Lipinski definition) is 6. The molecule has 0 spiro atoms. The summed E-state index contributed by atoms with van der Waals surface area (Å²) in [5, 5.41) is 2.71. The van der Waals surface area contributed by atoms with E-state index in [0.717, 1.165) is 0 Å². The Morgan fingerprint density at radius 3 is 2.57 bits per heavy atom. The SMILES string of the molecule is CCOc1ncc(NC(=O)c2ccncc2)c(OCC)n1. The van der Waals surface area contributed by atoms with Gasteiger partial charge in [0.25, 0.3) is 5.91 Å². The molecule has 0 atom stereocenters. The standard InChI is InChI=1S/C14H16N4O3/c1-3-20-13-11(9-16-14(18-13)21-4-2)17-12(19)10-5-7-15-8-6-10/h5-9H,3-4H2,1-2H3,(H,17,19). The van der Waals surface area contributed by atoms with Gasteiger partial charge in [-0.05, 0) is 26.0 Å². The molecule has 1 N–H and O–H groups in total. The fourth-order valence-corrected chi connectivity index (χ4v) is 1.58. The van der Waals surface area contributed by atoms with Crippen LogP contribution in [0.3, 0.4) is 0 Å². The van der Waals surface area contributed by atoms with Crippen LogP contribution < -0.4 is 14.8 Å². The van der Waals surface area contributed by atoms with Gasteiger partial charge in [-0.3, -0.25) is 9.78 Å². The molecule has 2 aromatic rings. The zero-order chi connectivity index (χ0) is 15.1. The van der Waals surface area contributed by atoms with Crippen molar-refractivity contribution in [3.8, 4) is 11.9 Å². The maximum atomic E-state index is 12.1. The second kappa shape index (κ2) is 7.18. The third-order valence-corrected chi connectivity index (χ3v) is 2.48. The lowest BCUT2D eigenvalue weighted by Gasteiger charge is -2.11. The van der Waals surface area contributed by atoms with Gasteiger partial charge in [-0.15, -0.1) is 0 Å². The zero-order valence-corrected chi connectivity index (χ0v) is 11.9.